The molecule has 0 radical (unpaired) electrons. The molecule has 0 amide bonds. The lowest BCUT2D eigenvalue weighted by Gasteiger charge is -2.14. The van der Waals surface area contributed by atoms with Crippen LogP contribution < -0.4 is 5.32 Å². The Balaban J connectivity index is 2.04. The van der Waals surface area contributed by atoms with Crippen LogP contribution in [0, 0.1) is 0 Å². The first-order chi connectivity index (χ1) is 8.17. The Morgan fingerprint density at radius 2 is 2.35 bits per heavy atom. The molecule has 4 nitrogen and oxygen atoms in total. The molecule has 1 unspecified atom stereocenters. The number of nitrogens with zero attached hydrogens (tertiary/aromatic N) is 3. The van der Waals surface area contributed by atoms with E-state index >= 15 is 0 Å². The Bertz CT molecular complexity index is 383. The first-order valence-corrected chi connectivity index (χ1v) is 6.53. The lowest BCUT2D eigenvalue weighted by atomic mass is 10.2. The van der Waals surface area contributed by atoms with E-state index in [4.69, 9.17) is 11.6 Å². The maximum absolute atomic E-state index is 6.00. The molecule has 1 N–H and O–H groups in total. The Labute approximate surface area is 107 Å². The van der Waals surface area contributed by atoms with Crippen LogP contribution >= 0.6 is 11.6 Å². The van der Waals surface area contributed by atoms with E-state index in [1.807, 2.05) is 0 Å². The van der Waals surface area contributed by atoms with Crippen LogP contribution in [0.1, 0.15) is 25.6 Å². The third-order valence-corrected chi connectivity index (χ3v) is 3.15. The lowest BCUT2D eigenvalue weighted by Crippen LogP contribution is -2.24. The highest BCUT2D eigenvalue weighted by atomic mass is 35.5. The number of aryl methyl sites for hydroxylation is 1. The second-order valence-corrected chi connectivity index (χ2v) is 5.02. The zero-order valence-electron chi connectivity index (χ0n) is 10.4. The summed E-state index contributed by atoms with van der Waals surface area (Å²) >= 11 is 6.00. The summed E-state index contributed by atoms with van der Waals surface area (Å²) in [7, 11) is 2.14. The number of likely N-dealkylation sites (tertiary alicyclic amines) is 1. The van der Waals surface area contributed by atoms with E-state index in [0.29, 0.717) is 11.2 Å². The highest BCUT2D eigenvalue weighted by molar-refractivity contribution is 6.29. The maximum Gasteiger partial charge on any atom is 0.134 e. The Hall–Kier alpha value is -0.870. The van der Waals surface area contributed by atoms with Crippen molar-refractivity contribution in [3.05, 3.63) is 17.0 Å². The molecule has 0 aromatic carbocycles. The molecule has 1 aliphatic rings. The number of likely N-dealkylation sites (N-methyl/N-ethyl adjacent to an activating group) is 1. The topological polar surface area (TPSA) is 41.1 Å². The van der Waals surface area contributed by atoms with Crippen molar-refractivity contribution in [2.75, 3.05) is 25.5 Å². The van der Waals surface area contributed by atoms with E-state index in [0.717, 1.165) is 44.0 Å². The van der Waals surface area contributed by atoms with Crippen molar-refractivity contribution < 1.29 is 0 Å². The van der Waals surface area contributed by atoms with E-state index in [1.165, 1.54) is 0 Å². The fourth-order valence-corrected chi connectivity index (χ4v) is 2.34. The van der Waals surface area contributed by atoms with Crippen LogP contribution in [-0.2, 0) is 6.42 Å². The summed E-state index contributed by atoms with van der Waals surface area (Å²) in [4.78, 5) is 11.0. The average Bonchev–Trinajstić information content (AvgIpc) is 2.63. The average molecular weight is 255 g/mol. The Morgan fingerprint density at radius 1 is 1.53 bits per heavy atom. The molecule has 1 aliphatic heterocycles. The van der Waals surface area contributed by atoms with Gasteiger partial charge in [-0.25, -0.2) is 9.97 Å². The van der Waals surface area contributed by atoms with Crippen molar-refractivity contribution in [1.29, 1.82) is 0 Å². The van der Waals surface area contributed by atoms with E-state index in [-0.39, 0.29) is 0 Å². The van der Waals surface area contributed by atoms with Crippen molar-refractivity contribution in [3.8, 4) is 0 Å². The van der Waals surface area contributed by atoms with E-state index < -0.39 is 0 Å². The third-order valence-electron chi connectivity index (χ3n) is 2.96. The zero-order chi connectivity index (χ0) is 12.3. The molecule has 0 bridgehead atoms. The second-order valence-electron chi connectivity index (χ2n) is 4.63. The van der Waals surface area contributed by atoms with Gasteiger partial charge in [-0.05, 0) is 26.4 Å². The van der Waals surface area contributed by atoms with E-state index in [9.17, 15) is 0 Å². The first kappa shape index (κ1) is 12.6. The highest BCUT2D eigenvalue weighted by Gasteiger charge is 2.19. The number of rotatable bonds is 4. The minimum absolute atomic E-state index is 0.473. The number of anilines is 1. The first-order valence-electron chi connectivity index (χ1n) is 6.16. The van der Waals surface area contributed by atoms with E-state index in [1.54, 1.807) is 6.07 Å². The van der Waals surface area contributed by atoms with Gasteiger partial charge in [0.1, 0.15) is 16.8 Å². The Morgan fingerprint density at radius 3 is 3.00 bits per heavy atom. The van der Waals surface area contributed by atoms with E-state index in [2.05, 4.69) is 34.2 Å². The SMILES string of the molecule is CCCc1nc(Cl)cc(NC2CCN(C)C2)n1. The van der Waals surface area contributed by atoms with Crippen molar-refractivity contribution in [2.45, 2.75) is 32.2 Å². The van der Waals surface area contributed by atoms with Crippen molar-refractivity contribution in [1.82, 2.24) is 14.9 Å². The van der Waals surface area contributed by atoms with Crippen LogP contribution in [0.3, 0.4) is 0 Å². The van der Waals surface area contributed by atoms with Crippen LogP contribution in [-0.4, -0.2) is 41.0 Å². The molecular formula is C12H19ClN4. The fraction of sp³-hybridized carbons (Fsp3) is 0.667. The van der Waals surface area contributed by atoms with Gasteiger partial charge in [0.05, 0.1) is 0 Å². The van der Waals surface area contributed by atoms with Crippen molar-refractivity contribution in [2.24, 2.45) is 0 Å². The quantitative estimate of drug-likeness (QED) is 0.837. The summed E-state index contributed by atoms with van der Waals surface area (Å²) < 4.78 is 0. The molecule has 0 aliphatic carbocycles. The highest BCUT2D eigenvalue weighted by Crippen LogP contribution is 2.16. The lowest BCUT2D eigenvalue weighted by molar-refractivity contribution is 0.414. The van der Waals surface area contributed by atoms with Gasteiger partial charge in [0.15, 0.2) is 0 Å². The monoisotopic (exact) mass is 254 g/mol. The van der Waals surface area contributed by atoms with Gasteiger partial charge in [0.2, 0.25) is 0 Å². The van der Waals surface area contributed by atoms with Crippen LogP contribution in [0.25, 0.3) is 0 Å². The molecule has 1 aromatic rings. The molecule has 2 heterocycles. The van der Waals surface area contributed by atoms with Crippen LogP contribution in [0.2, 0.25) is 5.15 Å². The summed E-state index contributed by atoms with van der Waals surface area (Å²) in [5.41, 5.74) is 0. The van der Waals surface area contributed by atoms with Crippen LogP contribution in [0.5, 0.6) is 0 Å². The smallest absolute Gasteiger partial charge is 0.134 e. The second kappa shape index (κ2) is 5.65. The van der Waals surface area contributed by atoms with Gasteiger partial charge in [-0.3, -0.25) is 0 Å². The number of hydrogen-bond donors (Lipinski definition) is 1. The molecule has 17 heavy (non-hydrogen) atoms. The fourth-order valence-electron chi connectivity index (χ4n) is 2.14. The molecule has 2 rings (SSSR count). The summed E-state index contributed by atoms with van der Waals surface area (Å²) in [6.45, 7) is 4.31. The minimum Gasteiger partial charge on any atom is -0.366 e. The largest absolute Gasteiger partial charge is 0.366 e. The summed E-state index contributed by atoms with van der Waals surface area (Å²) in [5, 5.41) is 3.96. The predicted octanol–water partition coefficient (Wildman–Crippen LogP) is 2.20. The van der Waals surface area contributed by atoms with Gasteiger partial charge in [0.25, 0.3) is 0 Å². The number of hydrogen-bond acceptors (Lipinski definition) is 4. The molecule has 1 aromatic heterocycles. The molecule has 1 atom stereocenters. The number of halogens is 1. The number of aromatic nitrogens is 2. The van der Waals surface area contributed by atoms with Gasteiger partial charge < -0.3 is 10.2 Å². The van der Waals surface area contributed by atoms with Gasteiger partial charge in [-0.2, -0.15) is 0 Å². The van der Waals surface area contributed by atoms with Gasteiger partial charge in [-0.1, -0.05) is 18.5 Å². The third kappa shape index (κ3) is 3.54. The molecule has 5 heteroatoms. The molecule has 0 spiro atoms. The Kier molecular flexibility index (Phi) is 4.18. The van der Waals surface area contributed by atoms with Crippen molar-refractivity contribution >= 4 is 17.4 Å². The maximum atomic E-state index is 6.00. The molecule has 1 fully saturated rings. The standard InChI is InChI=1S/C12H19ClN4/c1-3-4-11-15-10(13)7-12(16-11)14-9-5-6-17(2)8-9/h7,9H,3-6,8H2,1-2H3,(H,14,15,16). The molecule has 0 saturated carbocycles. The minimum atomic E-state index is 0.473. The van der Waals surface area contributed by atoms with Gasteiger partial charge in [-0.15, -0.1) is 0 Å². The van der Waals surface area contributed by atoms with Crippen molar-refractivity contribution in [3.63, 3.8) is 0 Å². The van der Waals surface area contributed by atoms with Crippen LogP contribution in [0.4, 0.5) is 5.82 Å². The normalized spacial score (nSPS) is 20.8. The molecule has 94 valence electrons. The summed E-state index contributed by atoms with van der Waals surface area (Å²) in [6.07, 6.45) is 3.06. The summed E-state index contributed by atoms with van der Waals surface area (Å²) in [5.74, 6) is 1.68. The van der Waals surface area contributed by atoms with Crippen LogP contribution in [0.15, 0.2) is 6.07 Å². The molecule has 1 saturated heterocycles. The zero-order valence-corrected chi connectivity index (χ0v) is 11.2. The molecular weight excluding hydrogens is 236 g/mol. The predicted molar refractivity (Wildman–Crippen MR) is 70.6 cm³/mol. The van der Waals surface area contributed by atoms with Gasteiger partial charge >= 0.3 is 0 Å². The summed E-state index contributed by atoms with van der Waals surface area (Å²) in [6, 6.07) is 2.28. The van der Waals surface area contributed by atoms with Gasteiger partial charge in [0, 0.05) is 25.1 Å². The number of nitrogens with one attached hydrogen (secondary N) is 1.